The Morgan fingerprint density at radius 3 is 2.37 bits per heavy atom. The van der Waals surface area contributed by atoms with Crippen LogP contribution in [0.2, 0.25) is 0 Å². The van der Waals surface area contributed by atoms with Gasteiger partial charge in [-0.05, 0) is 61.4 Å². The third-order valence-electron chi connectivity index (χ3n) is 4.75. The van der Waals surface area contributed by atoms with E-state index in [1.807, 2.05) is 32.0 Å². The summed E-state index contributed by atoms with van der Waals surface area (Å²) in [6.45, 7) is 4.29. The number of anilines is 2. The number of nitrogens with two attached hydrogens (primary N) is 1. The summed E-state index contributed by atoms with van der Waals surface area (Å²) < 4.78 is 22.5. The number of aryl methyl sites for hydroxylation is 2. The van der Waals surface area contributed by atoms with E-state index in [-0.39, 0.29) is 23.1 Å². The van der Waals surface area contributed by atoms with E-state index in [1.54, 1.807) is 4.90 Å². The van der Waals surface area contributed by atoms with E-state index in [0.717, 1.165) is 16.8 Å². The fourth-order valence-corrected chi connectivity index (χ4v) is 3.51. The van der Waals surface area contributed by atoms with Gasteiger partial charge >= 0.3 is 0 Å². The molecule has 0 unspecified atom stereocenters. The van der Waals surface area contributed by atoms with E-state index < -0.39 is 15.9 Å². The van der Waals surface area contributed by atoms with Crippen LogP contribution in [0.5, 0.6) is 0 Å². The number of amides is 2. The molecule has 0 bridgehead atoms. The largest absolute Gasteiger partial charge is 0.326 e. The number of carbonyl (C=O) groups excluding carboxylic acids is 2. The molecule has 0 aromatic heterocycles. The zero-order valence-electron chi connectivity index (χ0n) is 15.1. The van der Waals surface area contributed by atoms with Crippen molar-refractivity contribution < 1.29 is 18.0 Å². The average molecular weight is 387 g/mol. The Morgan fingerprint density at radius 2 is 1.78 bits per heavy atom. The summed E-state index contributed by atoms with van der Waals surface area (Å²) in [5.41, 5.74) is 3.46. The smallest absolute Gasteiger partial charge is 0.238 e. The molecule has 2 aromatic carbocycles. The van der Waals surface area contributed by atoms with Crippen LogP contribution in [-0.4, -0.2) is 26.8 Å². The summed E-state index contributed by atoms with van der Waals surface area (Å²) in [7, 11) is -3.78. The van der Waals surface area contributed by atoms with Crippen molar-refractivity contribution in [1.29, 1.82) is 0 Å². The third kappa shape index (κ3) is 4.17. The quantitative estimate of drug-likeness (QED) is 0.835. The highest BCUT2D eigenvalue weighted by Gasteiger charge is 2.35. The maximum atomic E-state index is 12.5. The highest BCUT2D eigenvalue weighted by atomic mass is 32.2. The van der Waals surface area contributed by atoms with E-state index in [1.165, 1.54) is 24.3 Å². The first-order chi connectivity index (χ1) is 12.6. The third-order valence-corrected chi connectivity index (χ3v) is 5.68. The minimum Gasteiger partial charge on any atom is -0.326 e. The lowest BCUT2D eigenvalue weighted by Gasteiger charge is -2.18. The van der Waals surface area contributed by atoms with Gasteiger partial charge in [0.25, 0.3) is 0 Å². The molecular weight excluding hydrogens is 366 g/mol. The van der Waals surface area contributed by atoms with Gasteiger partial charge in [-0.1, -0.05) is 6.07 Å². The van der Waals surface area contributed by atoms with E-state index in [2.05, 4.69) is 5.32 Å². The first kappa shape index (κ1) is 19.1. The predicted molar refractivity (Wildman–Crippen MR) is 103 cm³/mol. The second kappa shape index (κ2) is 7.13. The Morgan fingerprint density at radius 1 is 1.11 bits per heavy atom. The van der Waals surface area contributed by atoms with Gasteiger partial charge < -0.3 is 10.2 Å². The molecule has 0 saturated carbocycles. The maximum absolute atomic E-state index is 12.5. The van der Waals surface area contributed by atoms with E-state index in [9.17, 15) is 18.0 Å². The molecule has 27 heavy (non-hydrogen) atoms. The number of sulfonamides is 1. The molecule has 1 aliphatic heterocycles. The molecule has 0 spiro atoms. The summed E-state index contributed by atoms with van der Waals surface area (Å²) in [5, 5.41) is 7.78. The first-order valence-corrected chi connectivity index (χ1v) is 10.0. The second-order valence-corrected chi connectivity index (χ2v) is 8.29. The van der Waals surface area contributed by atoms with Crippen LogP contribution in [0.3, 0.4) is 0 Å². The molecule has 142 valence electrons. The maximum Gasteiger partial charge on any atom is 0.238 e. The predicted octanol–water partition coefficient (Wildman–Crippen LogP) is 1.94. The topological polar surface area (TPSA) is 110 Å². The molecule has 0 radical (unpaired) electrons. The number of benzene rings is 2. The summed E-state index contributed by atoms with van der Waals surface area (Å²) in [4.78, 5) is 26.5. The van der Waals surface area contributed by atoms with Gasteiger partial charge in [0.2, 0.25) is 21.8 Å². The van der Waals surface area contributed by atoms with Gasteiger partial charge in [0.15, 0.2) is 0 Å². The first-order valence-electron chi connectivity index (χ1n) is 8.46. The van der Waals surface area contributed by atoms with Crippen LogP contribution in [-0.2, 0) is 19.6 Å². The summed E-state index contributed by atoms with van der Waals surface area (Å²) in [6.07, 6.45) is 0.133. The van der Waals surface area contributed by atoms with Crippen molar-refractivity contribution in [2.45, 2.75) is 25.2 Å². The number of primary sulfonamides is 1. The van der Waals surface area contributed by atoms with Crippen molar-refractivity contribution in [3.8, 4) is 0 Å². The van der Waals surface area contributed by atoms with Gasteiger partial charge in [-0.15, -0.1) is 0 Å². The molecule has 2 aromatic rings. The van der Waals surface area contributed by atoms with Gasteiger partial charge in [-0.25, -0.2) is 13.6 Å². The van der Waals surface area contributed by atoms with E-state index >= 15 is 0 Å². The number of nitrogens with one attached hydrogen (secondary N) is 1. The Labute approximate surface area is 158 Å². The molecule has 1 aliphatic rings. The molecule has 0 aliphatic carbocycles. The van der Waals surface area contributed by atoms with Crippen LogP contribution in [0, 0.1) is 19.8 Å². The molecule has 1 atom stereocenters. The lowest BCUT2D eigenvalue weighted by atomic mass is 10.1. The Bertz CT molecular complexity index is 1000. The molecule has 3 N–H and O–H groups in total. The van der Waals surface area contributed by atoms with Crippen molar-refractivity contribution in [3.63, 3.8) is 0 Å². The van der Waals surface area contributed by atoms with Crippen LogP contribution >= 0.6 is 0 Å². The van der Waals surface area contributed by atoms with Crippen molar-refractivity contribution in [1.82, 2.24) is 0 Å². The molecular formula is C19H21N3O4S. The van der Waals surface area contributed by atoms with Crippen molar-refractivity contribution >= 4 is 33.2 Å². The highest BCUT2D eigenvalue weighted by molar-refractivity contribution is 7.89. The molecule has 2 amide bonds. The van der Waals surface area contributed by atoms with Crippen molar-refractivity contribution in [2.75, 3.05) is 16.8 Å². The lowest BCUT2D eigenvalue weighted by Crippen LogP contribution is -2.28. The normalized spacial score (nSPS) is 17.2. The molecule has 7 nitrogen and oxygen atoms in total. The summed E-state index contributed by atoms with van der Waals surface area (Å²) in [5.74, 6) is -0.849. The van der Waals surface area contributed by atoms with Crippen molar-refractivity contribution in [2.24, 2.45) is 11.1 Å². The zero-order chi connectivity index (χ0) is 19.8. The van der Waals surface area contributed by atoms with Gasteiger partial charge in [0, 0.05) is 24.3 Å². The fraction of sp³-hybridized carbons (Fsp3) is 0.263. The number of nitrogens with zero attached hydrogens (tertiary/aromatic N) is 1. The Balaban J connectivity index is 1.69. The van der Waals surface area contributed by atoms with E-state index in [4.69, 9.17) is 5.14 Å². The summed E-state index contributed by atoms with van der Waals surface area (Å²) in [6, 6.07) is 11.4. The van der Waals surface area contributed by atoms with Gasteiger partial charge in [0.05, 0.1) is 10.8 Å². The lowest BCUT2D eigenvalue weighted by molar-refractivity contribution is -0.122. The van der Waals surface area contributed by atoms with Crippen LogP contribution < -0.4 is 15.4 Å². The molecule has 3 rings (SSSR count). The number of rotatable bonds is 4. The van der Waals surface area contributed by atoms with Gasteiger partial charge in [-0.3, -0.25) is 9.59 Å². The average Bonchev–Trinajstić information content (AvgIpc) is 2.99. The molecule has 1 saturated heterocycles. The number of hydrogen-bond donors (Lipinski definition) is 2. The molecule has 1 heterocycles. The SMILES string of the molecule is Cc1ccc(N2C[C@@H](C(=O)Nc3ccc(S(N)(=O)=O)cc3)CC2=O)cc1C. The number of hydrogen-bond acceptors (Lipinski definition) is 4. The monoisotopic (exact) mass is 387 g/mol. The molecule has 8 heteroatoms. The Kier molecular flexibility index (Phi) is 5.03. The van der Waals surface area contributed by atoms with Gasteiger partial charge in [-0.2, -0.15) is 0 Å². The summed E-state index contributed by atoms with van der Waals surface area (Å²) >= 11 is 0. The number of carbonyl (C=O) groups is 2. The highest BCUT2D eigenvalue weighted by Crippen LogP contribution is 2.27. The molecule has 1 fully saturated rings. The van der Waals surface area contributed by atoms with Crippen LogP contribution in [0.1, 0.15) is 17.5 Å². The Hall–Kier alpha value is -2.71. The standard InChI is InChI=1S/C19H21N3O4S/c1-12-3-6-16(9-13(12)2)22-11-14(10-18(22)23)19(24)21-15-4-7-17(8-5-15)27(20,25)26/h3-9,14H,10-11H2,1-2H3,(H,21,24)(H2,20,25,26)/t14-/m0/s1. The van der Waals surface area contributed by atoms with E-state index in [0.29, 0.717) is 12.2 Å². The van der Waals surface area contributed by atoms with Crippen molar-refractivity contribution in [3.05, 3.63) is 53.6 Å². The zero-order valence-corrected chi connectivity index (χ0v) is 15.9. The van der Waals surface area contributed by atoms with Crippen LogP contribution in [0.25, 0.3) is 0 Å². The fourth-order valence-electron chi connectivity index (χ4n) is 3.00. The second-order valence-electron chi connectivity index (χ2n) is 6.73. The van der Waals surface area contributed by atoms with Crippen LogP contribution in [0.4, 0.5) is 11.4 Å². The van der Waals surface area contributed by atoms with Crippen LogP contribution in [0.15, 0.2) is 47.4 Å². The minimum atomic E-state index is -3.78. The van der Waals surface area contributed by atoms with Gasteiger partial charge in [0.1, 0.15) is 0 Å². The minimum absolute atomic E-state index is 0.0301.